The first-order valence-electron chi connectivity index (χ1n) is 8.40. The van der Waals surface area contributed by atoms with Crippen molar-refractivity contribution in [1.29, 1.82) is 0 Å². The van der Waals surface area contributed by atoms with Gasteiger partial charge in [-0.05, 0) is 37.3 Å². The largest absolute Gasteiger partial charge is 0.368 e. The Bertz CT molecular complexity index is 886. The standard InChI is InChI=1S/C17H19N5O7/c1-11(23)29-9-8-18-17(24)20-13-4-2-12(3-5-13)19-15-7-6-14(21(25)26)10-16(15)22(27)28/h2-7,10-11,19,23H,8-9H2,1H3,(H2,18,20,24). The number of aliphatic hydroxyl groups excluding tert-OH is 1. The fraction of sp³-hybridized carbons (Fsp3) is 0.235. The third-order valence-electron chi connectivity index (χ3n) is 3.56. The molecule has 12 nitrogen and oxygen atoms in total. The maximum Gasteiger partial charge on any atom is 0.319 e. The van der Waals surface area contributed by atoms with Crippen molar-refractivity contribution in [2.75, 3.05) is 23.8 Å². The van der Waals surface area contributed by atoms with E-state index >= 15 is 0 Å². The topological polar surface area (TPSA) is 169 Å². The average molecular weight is 405 g/mol. The van der Waals surface area contributed by atoms with Gasteiger partial charge in [0.05, 0.1) is 22.5 Å². The number of hydrogen-bond donors (Lipinski definition) is 4. The number of carbonyl (C=O) groups excluding carboxylic acids is 1. The number of urea groups is 1. The van der Waals surface area contributed by atoms with Gasteiger partial charge in [0.25, 0.3) is 11.4 Å². The van der Waals surface area contributed by atoms with Crippen LogP contribution in [0.1, 0.15) is 6.92 Å². The van der Waals surface area contributed by atoms with E-state index in [-0.39, 0.29) is 24.5 Å². The maximum atomic E-state index is 11.8. The number of ether oxygens (including phenoxy) is 1. The number of amides is 2. The van der Waals surface area contributed by atoms with E-state index in [9.17, 15) is 25.0 Å². The van der Waals surface area contributed by atoms with Gasteiger partial charge in [0.15, 0.2) is 6.29 Å². The summed E-state index contributed by atoms with van der Waals surface area (Å²) >= 11 is 0. The molecule has 0 aliphatic rings. The molecule has 0 bridgehead atoms. The first-order chi connectivity index (χ1) is 13.8. The lowest BCUT2D eigenvalue weighted by molar-refractivity contribution is -0.393. The lowest BCUT2D eigenvalue weighted by Crippen LogP contribution is -2.32. The second-order valence-corrected chi connectivity index (χ2v) is 5.77. The predicted octanol–water partition coefficient (Wildman–Crippen LogP) is 2.72. The molecule has 2 aromatic carbocycles. The van der Waals surface area contributed by atoms with Crippen molar-refractivity contribution >= 4 is 34.5 Å². The molecule has 0 aliphatic heterocycles. The van der Waals surface area contributed by atoms with E-state index in [0.717, 1.165) is 12.1 Å². The van der Waals surface area contributed by atoms with Crippen molar-refractivity contribution in [1.82, 2.24) is 5.32 Å². The Kier molecular flexibility index (Phi) is 7.40. The molecule has 4 N–H and O–H groups in total. The normalized spacial score (nSPS) is 11.4. The van der Waals surface area contributed by atoms with Crippen molar-refractivity contribution in [2.45, 2.75) is 13.2 Å². The van der Waals surface area contributed by atoms with Crippen molar-refractivity contribution in [3.05, 3.63) is 62.7 Å². The summed E-state index contributed by atoms with van der Waals surface area (Å²) in [6.07, 6.45) is -0.911. The Balaban J connectivity index is 1.98. The Morgan fingerprint density at radius 3 is 2.34 bits per heavy atom. The molecule has 12 heteroatoms. The van der Waals surface area contributed by atoms with Gasteiger partial charge in [0.2, 0.25) is 0 Å². The fourth-order valence-electron chi connectivity index (χ4n) is 2.25. The molecular weight excluding hydrogens is 386 g/mol. The summed E-state index contributed by atoms with van der Waals surface area (Å²) in [6, 6.07) is 9.14. The van der Waals surface area contributed by atoms with Gasteiger partial charge >= 0.3 is 6.03 Å². The Hall–Kier alpha value is -3.77. The quantitative estimate of drug-likeness (QED) is 0.214. The van der Waals surface area contributed by atoms with Crippen LogP contribution in [0, 0.1) is 20.2 Å². The highest BCUT2D eigenvalue weighted by Crippen LogP contribution is 2.31. The van der Waals surface area contributed by atoms with Gasteiger partial charge in [-0.3, -0.25) is 20.2 Å². The van der Waals surface area contributed by atoms with E-state index in [2.05, 4.69) is 16.0 Å². The molecule has 0 aromatic heterocycles. The summed E-state index contributed by atoms with van der Waals surface area (Å²) < 4.78 is 4.88. The van der Waals surface area contributed by atoms with Gasteiger partial charge in [0.1, 0.15) is 5.69 Å². The Morgan fingerprint density at radius 2 is 1.76 bits per heavy atom. The summed E-state index contributed by atoms with van der Waals surface area (Å²) in [4.78, 5) is 32.3. The molecule has 0 heterocycles. The second kappa shape index (κ2) is 9.96. The molecule has 0 spiro atoms. The maximum absolute atomic E-state index is 11.8. The molecule has 154 valence electrons. The van der Waals surface area contributed by atoms with Gasteiger partial charge in [-0.2, -0.15) is 0 Å². The van der Waals surface area contributed by atoms with Crippen LogP contribution in [-0.4, -0.2) is 40.4 Å². The van der Waals surface area contributed by atoms with Crippen LogP contribution >= 0.6 is 0 Å². The van der Waals surface area contributed by atoms with Crippen LogP contribution in [0.15, 0.2) is 42.5 Å². The van der Waals surface area contributed by atoms with E-state index in [1.807, 2.05) is 0 Å². The van der Waals surface area contributed by atoms with Gasteiger partial charge in [-0.25, -0.2) is 4.79 Å². The van der Waals surface area contributed by atoms with E-state index in [1.54, 1.807) is 24.3 Å². The van der Waals surface area contributed by atoms with Crippen molar-refractivity contribution in [3.8, 4) is 0 Å². The van der Waals surface area contributed by atoms with Crippen LogP contribution in [0.3, 0.4) is 0 Å². The third kappa shape index (κ3) is 6.71. The lowest BCUT2D eigenvalue weighted by Gasteiger charge is -2.10. The molecule has 0 aliphatic carbocycles. The van der Waals surface area contributed by atoms with Crippen LogP contribution < -0.4 is 16.0 Å². The number of rotatable bonds is 9. The zero-order valence-corrected chi connectivity index (χ0v) is 15.3. The summed E-state index contributed by atoms with van der Waals surface area (Å²) in [6.45, 7) is 1.82. The average Bonchev–Trinajstić information content (AvgIpc) is 2.66. The third-order valence-corrected chi connectivity index (χ3v) is 3.56. The minimum absolute atomic E-state index is 0.0946. The first-order valence-corrected chi connectivity index (χ1v) is 8.40. The molecule has 2 rings (SSSR count). The van der Waals surface area contributed by atoms with E-state index < -0.39 is 27.9 Å². The van der Waals surface area contributed by atoms with Crippen LogP contribution in [0.4, 0.5) is 33.2 Å². The zero-order chi connectivity index (χ0) is 21.4. The van der Waals surface area contributed by atoms with Crippen molar-refractivity contribution in [2.24, 2.45) is 0 Å². The monoisotopic (exact) mass is 405 g/mol. The van der Waals surface area contributed by atoms with Gasteiger partial charge in [-0.1, -0.05) is 0 Å². The van der Waals surface area contributed by atoms with Crippen molar-refractivity contribution < 1.29 is 24.5 Å². The van der Waals surface area contributed by atoms with Crippen LogP contribution in [-0.2, 0) is 4.74 Å². The molecule has 0 fully saturated rings. The summed E-state index contributed by atoms with van der Waals surface area (Å²) in [5.74, 6) is 0. The molecule has 0 saturated heterocycles. The number of nitrogens with one attached hydrogen (secondary N) is 3. The number of benzene rings is 2. The first kappa shape index (κ1) is 21.5. The number of nitro groups is 2. The molecule has 2 aromatic rings. The number of non-ortho nitro benzene ring substituents is 1. The van der Waals surface area contributed by atoms with Crippen LogP contribution in [0.5, 0.6) is 0 Å². The number of anilines is 3. The molecule has 1 atom stereocenters. The SMILES string of the molecule is CC(O)OCCNC(=O)Nc1ccc(Nc2ccc([N+](=O)[O-])cc2[N+](=O)[O-])cc1. The smallest absolute Gasteiger partial charge is 0.319 e. The minimum atomic E-state index is -0.911. The van der Waals surface area contributed by atoms with Crippen molar-refractivity contribution in [3.63, 3.8) is 0 Å². The summed E-state index contributed by atoms with van der Waals surface area (Å²) in [7, 11) is 0. The zero-order valence-electron chi connectivity index (χ0n) is 15.3. The second-order valence-electron chi connectivity index (χ2n) is 5.77. The number of nitrogens with zero attached hydrogens (tertiary/aromatic N) is 2. The van der Waals surface area contributed by atoms with E-state index in [4.69, 9.17) is 9.84 Å². The molecule has 1 unspecified atom stereocenters. The number of carbonyl (C=O) groups is 1. The summed E-state index contributed by atoms with van der Waals surface area (Å²) in [5, 5.41) is 38.9. The predicted molar refractivity (Wildman–Crippen MR) is 104 cm³/mol. The molecule has 2 amide bonds. The van der Waals surface area contributed by atoms with Gasteiger partial charge in [0, 0.05) is 24.0 Å². The summed E-state index contributed by atoms with van der Waals surface area (Å²) in [5.41, 5.74) is 0.241. The number of aliphatic hydroxyl groups is 1. The number of nitro benzene ring substituents is 2. The molecule has 0 saturated carbocycles. The van der Waals surface area contributed by atoms with E-state index in [0.29, 0.717) is 11.4 Å². The Morgan fingerprint density at radius 1 is 1.10 bits per heavy atom. The lowest BCUT2D eigenvalue weighted by atomic mass is 10.2. The molecule has 0 radical (unpaired) electrons. The van der Waals surface area contributed by atoms with Gasteiger partial charge in [-0.15, -0.1) is 0 Å². The van der Waals surface area contributed by atoms with Gasteiger partial charge < -0.3 is 25.8 Å². The van der Waals surface area contributed by atoms with E-state index in [1.165, 1.54) is 13.0 Å². The highest BCUT2D eigenvalue weighted by atomic mass is 16.6. The highest BCUT2D eigenvalue weighted by Gasteiger charge is 2.19. The minimum Gasteiger partial charge on any atom is -0.368 e. The Labute approximate surface area is 164 Å². The fourth-order valence-corrected chi connectivity index (χ4v) is 2.25. The number of hydrogen-bond acceptors (Lipinski definition) is 8. The highest BCUT2D eigenvalue weighted by molar-refractivity contribution is 5.89. The van der Waals surface area contributed by atoms with Crippen LogP contribution in [0.2, 0.25) is 0 Å². The van der Waals surface area contributed by atoms with Crippen LogP contribution in [0.25, 0.3) is 0 Å². The molecule has 29 heavy (non-hydrogen) atoms. The molecular formula is C17H19N5O7.